The Labute approximate surface area is 139 Å². The SMILES string of the molecule is COc1ccc(C(=O)c2cn(-c3ccccc3)nc2C(C)=O)cc1. The number of methoxy groups -OCH3 is 1. The molecule has 5 heteroatoms. The van der Waals surface area contributed by atoms with Crippen LogP contribution >= 0.6 is 0 Å². The zero-order chi connectivity index (χ0) is 17.1. The van der Waals surface area contributed by atoms with Crippen molar-refractivity contribution in [3.63, 3.8) is 0 Å². The Bertz CT molecular complexity index is 881. The molecule has 0 saturated carbocycles. The number of hydrogen-bond donors (Lipinski definition) is 0. The van der Waals surface area contributed by atoms with E-state index in [9.17, 15) is 9.59 Å². The van der Waals surface area contributed by atoms with E-state index in [4.69, 9.17) is 4.74 Å². The first-order chi connectivity index (χ1) is 11.6. The maximum absolute atomic E-state index is 12.8. The van der Waals surface area contributed by atoms with E-state index in [-0.39, 0.29) is 22.8 Å². The number of hydrogen-bond acceptors (Lipinski definition) is 4. The van der Waals surface area contributed by atoms with Crippen molar-refractivity contribution in [2.75, 3.05) is 7.11 Å². The van der Waals surface area contributed by atoms with E-state index >= 15 is 0 Å². The predicted octanol–water partition coefficient (Wildman–Crippen LogP) is 3.31. The van der Waals surface area contributed by atoms with Crippen LogP contribution < -0.4 is 4.74 Å². The second-order valence-electron chi connectivity index (χ2n) is 5.29. The van der Waals surface area contributed by atoms with Crippen molar-refractivity contribution >= 4 is 11.6 Å². The molecule has 1 aromatic heterocycles. The normalized spacial score (nSPS) is 10.4. The number of ether oxygens (including phenoxy) is 1. The quantitative estimate of drug-likeness (QED) is 0.677. The molecule has 24 heavy (non-hydrogen) atoms. The van der Waals surface area contributed by atoms with E-state index in [0.717, 1.165) is 5.69 Å². The van der Waals surface area contributed by atoms with Crippen molar-refractivity contribution in [1.82, 2.24) is 9.78 Å². The number of benzene rings is 2. The third-order valence-corrected chi connectivity index (χ3v) is 3.67. The molecule has 3 aromatic rings. The zero-order valence-electron chi connectivity index (χ0n) is 13.4. The summed E-state index contributed by atoms with van der Waals surface area (Å²) in [6.45, 7) is 1.41. The van der Waals surface area contributed by atoms with Gasteiger partial charge in [-0.1, -0.05) is 18.2 Å². The van der Waals surface area contributed by atoms with Crippen molar-refractivity contribution < 1.29 is 14.3 Å². The fraction of sp³-hybridized carbons (Fsp3) is 0.105. The highest BCUT2D eigenvalue weighted by Gasteiger charge is 2.21. The Morgan fingerprint density at radius 3 is 2.25 bits per heavy atom. The molecule has 0 aliphatic carbocycles. The van der Waals surface area contributed by atoms with Gasteiger partial charge in [-0.25, -0.2) is 4.68 Å². The van der Waals surface area contributed by atoms with Crippen molar-refractivity contribution in [1.29, 1.82) is 0 Å². The van der Waals surface area contributed by atoms with Gasteiger partial charge in [0.05, 0.1) is 18.4 Å². The lowest BCUT2D eigenvalue weighted by molar-refractivity contribution is 0.0987. The zero-order valence-corrected chi connectivity index (χ0v) is 13.4. The Balaban J connectivity index is 2.04. The summed E-state index contributed by atoms with van der Waals surface area (Å²) >= 11 is 0. The molecule has 0 N–H and O–H groups in total. The number of Topliss-reactive ketones (excluding diaryl/α,β-unsaturated/α-hetero) is 1. The molecule has 0 bridgehead atoms. The summed E-state index contributed by atoms with van der Waals surface area (Å²) in [5.74, 6) is 0.171. The molecule has 0 spiro atoms. The van der Waals surface area contributed by atoms with Crippen molar-refractivity contribution in [3.8, 4) is 11.4 Å². The first-order valence-electron chi connectivity index (χ1n) is 7.45. The summed E-state index contributed by atoms with van der Waals surface area (Å²) in [6, 6.07) is 16.1. The van der Waals surface area contributed by atoms with Crippen LogP contribution in [0.1, 0.15) is 33.3 Å². The van der Waals surface area contributed by atoms with Crippen molar-refractivity contribution in [2.45, 2.75) is 6.92 Å². The fourth-order valence-corrected chi connectivity index (χ4v) is 2.41. The van der Waals surface area contributed by atoms with Crippen LogP contribution in [0.25, 0.3) is 5.69 Å². The predicted molar refractivity (Wildman–Crippen MR) is 90.0 cm³/mol. The summed E-state index contributed by atoms with van der Waals surface area (Å²) in [4.78, 5) is 24.7. The van der Waals surface area contributed by atoms with E-state index in [1.54, 1.807) is 42.3 Å². The molecule has 0 amide bonds. The molecule has 1 heterocycles. The van der Waals surface area contributed by atoms with Crippen LogP contribution in [0.2, 0.25) is 0 Å². The van der Waals surface area contributed by atoms with E-state index in [1.165, 1.54) is 6.92 Å². The Hall–Kier alpha value is -3.21. The highest BCUT2D eigenvalue weighted by atomic mass is 16.5. The number of carbonyl (C=O) groups is 2. The largest absolute Gasteiger partial charge is 0.497 e. The summed E-state index contributed by atoms with van der Waals surface area (Å²) in [5, 5.41) is 4.28. The lowest BCUT2D eigenvalue weighted by atomic mass is 10.0. The minimum absolute atomic E-state index is 0.166. The van der Waals surface area contributed by atoms with Crippen molar-refractivity contribution in [3.05, 3.63) is 77.6 Å². The summed E-state index contributed by atoms with van der Waals surface area (Å²) in [7, 11) is 1.56. The average Bonchev–Trinajstić information content (AvgIpc) is 3.07. The van der Waals surface area contributed by atoms with Crippen LogP contribution in [0.15, 0.2) is 60.8 Å². The number of rotatable bonds is 5. The highest BCUT2D eigenvalue weighted by molar-refractivity contribution is 6.14. The number of para-hydroxylation sites is 1. The standard InChI is InChI=1S/C19H16N2O3/c1-13(22)18-17(12-21(20-18)15-6-4-3-5-7-15)19(23)14-8-10-16(24-2)11-9-14/h3-12H,1-2H3. The summed E-state index contributed by atoms with van der Waals surface area (Å²) in [6.07, 6.45) is 1.60. The van der Waals surface area contributed by atoms with Gasteiger partial charge in [0.2, 0.25) is 0 Å². The first kappa shape index (κ1) is 15.7. The number of nitrogens with zero attached hydrogens (tertiary/aromatic N) is 2. The molecule has 120 valence electrons. The van der Waals surface area contributed by atoms with E-state index < -0.39 is 0 Å². The maximum atomic E-state index is 12.8. The van der Waals surface area contributed by atoms with Gasteiger partial charge in [-0.15, -0.1) is 0 Å². The third kappa shape index (κ3) is 2.96. The number of carbonyl (C=O) groups excluding carboxylic acids is 2. The molecule has 0 radical (unpaired) electrons. The van der Waals surface area contributed by atoms with Crippen LogP contribution in [0.3, 0.4) is 0 Å². The molecule has 0 atom stereocenters. The Morgan fingerprint density at radius 1 is 1.00 bits per heavy atom. The van der Waals surface area contributed by atoms with E-state index in [1.807, 2.05) is 30.3 Å². The second kappa shape index (κ2) is 6.50. The molecular weight excluding hydrogens is 304 g/mol. The van der Waals surface area contributed by atoms with E-state index in [2.05, 4.69) is 5.10 Å². The maximum Gasteiger partial charge on any atom is 0.196 e. The van der Waals surface area contributed by atoms with Gasteiger partial charge in [-0.3, -0.25) is 9.59 Å². The van der Waals surface area contributed by atoms with Gasteiger partial charge < -0.3 is 4.74 Å². The second-order valence-corrected chi connectivity index (χ2v) is 5.29. The molecule has 2 aromatic carbocycles. The topological polar surface area (TPSA) is 61.2 Å². The molecule has 3 rings (SSSR count). The third-order valence-electron chi connectivity index (χ3n) is 3.67. The fourth-order valence-electron chi connectivity index (χ4n) is 2.41. The lowest BCUT2D eigenvalue weighted by Crippen LogP contribution is -2.06. The molecule has 0 fully saturated rings. The highest BCUT2D eigenvalue weighted by Crippen LogP contribution is 2.19. The number of aromatic nitrogens is 2. The monoisotopic (exact) mass is 320 g/mol. The minimum Gasteiger partial charge on any atom is -0.497 e. The van der Waals surface area contributed by atoms with Crippen LogP contribution in [-0.2, 0) is 0 Å². The number of ketones is 2. The van der Waals surface area contributed by atoms with Gasteiger partial charge in [0.1, 0.15) is 11.4 Å². The molecule has 5 nitrogen and oxygen atoms in total. The van der Waals surface area contributed by atoms with Crippen molar-refractivity contribution in [2.24, 2.45) is 0 Å². The van der Waals surface area contributed by atoms with Gasteiger partial charge in [-0.2, -0.15) is 5.10 Å². The van der Waals surface area contributed by atoms with Crippen LogP contribution in [0.4, 0.5) is 0 Å². The molecule has 0 aliphatic heterocycles. The van der Waals surface area contributed by atoms with Gasteiger partial charge in [0, 0.05) is 18.7 Å². The lowest BCUT2D eigenvalue weighted by Gasteiger charge is -2.02. The van der Waals surface area contributed by atoms with Gasteiger partial charge >= 0.3 is 0 Å². The Kier molecular flexibility index (Phi) is 4.24. The molecule has 0 aliphatic rings. The van der Waals surface area contributed by atoms with Crippen LogP contribution in [-0.4, -0.2) is 28.5 Å². The van der Waals surface area contributed by atoms with Gasteiger partial charge in [0.25, 0.3) is 0 Å². The Morgan fingerprint density at radius 2 is 1.67 bits per heavy atom. The van der Waals surface area contributed by atoms with Gasteiger partial charge in [0.15, 0.2) is 11.6 Å². The average molecular weight is 320 g/mol. The molecular formula is C19H16N2O3. The van der Waals surface area contributed by atoms with Crippen LogP contribution in [0, 0.1) is 0 Å². The summed E-state index contributed by atoms with van der Waals surface area (Å²) < 4.78 is 6.65. The van der Waals surface area contributed by atoms with Crippen LogP contribution in [0.5, 0.6) is 5.75 Å². The van der Waals surface area contributed by atoms with Gasteiger partial charge in [-0.05, 0) is 36.4 Å². The minimum atomic E-state index is -0.249. The smallest absolute Gasteiger partial charge is 0.196 e. The first-order valence-corrected chi connectivity index (χ1v) is 7.45. The molecule has 0 unspecified atom stereocenters. The van der Waals surface area contributed by atoms with E-state index in [0.29, 0.717) is 11.3 Å². The molecule has 0 saturated heterocycles. The summed E-state index contributed by atoms with van der Waals surface area (Å²) in [5.41, 5.74) is 1.72.